The molecule has 2 aromatic rings. The van der Waals surface area contributed by atoms with E-state index in [9.17, 15) is 4.79 Å². The fraction of sp³-hybridized carbons (Fsp3) is 0.481. The van der Waals surface area contributed by atoms with Gasteiger partial charge < -0.3 is 9.47 Å². The Morgan fingerprint density at radius 1 is 1.09 bits per heavy atom. The minimum absolute atomic E-state index is 0.0534. The quantitative estimate of drug-likeness (QED) is 0.413. The fourth-order valence-electron chi connectivity index (χ4n) is 4.66. The Morgan fingerprint density at radius 3 is 2.39 bits per heavy atom. The van der Waals surface area contributed by atoms with Gasteiger partial charge in [-0.05, 0) is 66.8 Å². The number of rotatable bonds is 7. The highest BCUT2D eigenvalue weighted by Crippen LogP contribution is 2.39. The predicted octanol–water partition coefficient (Wildman–Crippen LogP) is 6.63. The van der Waals surface area contributed by atoms with E-state index < -0.39 is 0 Å². The molecule has 0 N–H and O–H groups in total. The molecule has 33 heavy (non-hydrogen) atoms. The first-order chi connectivity index (χ1) is 16.1. The molecule has 1 heterocycles. The minimum Gasteiger partial charge on any atom is -0.381 e. The average molecular weight is 486 g/mol. The van der Waals surface area contributed by atoms with Crippen LogP contribution in [-0.4, -0.2) is 36.7 Å². The van der Waals surface area contributed by atoms with Gasteiger partial charge in [0.25, 0.3) is 0 Å². The number of hydrogen-bond donors (Lipinski definition) is 0. The highest BCUT2D eigenvalue weighted by Gasteiger charge is 2.38. The third-order valence-corrected chi connectivity index (χ3v) is 7.59. The zero-order valence-corrected chi connectivity index (χ0v) is 20.8. The van der Waals surface area contributed by atoms with Gasteiger partial charge in [0.15, 0.2) is 0 Å². The molecule has 2 aromatic carbocycles. The minimum atomic E-state index is -0.319. The molecule has 0 atom stereocenters. The average Bonchev–Trinajstić information content (AvgIpc) is 2.83. The lowest BCUT2D eigenvalue weighted by molar-refractivity contribution is -0.153. The van der Waals surface area contributed by atoms with Crippen LogP contribution in [0, 0.1) is 0 Å². The van der Waals surface area contributed by atoms with Gasteiger partial charge >= 0.3 is 0 Å². The summed E-state index contributed by atoms with van der Waals surface area (Å²) >= 11 is 7.91. The molecule has 4 nitrogen and oxygen atoms in total. The maximum Gasteiger partial charge on any atom is 0.250 e. The summed E-state index contributed by atoms with van der Waals surface area (Å²) in [4.78, 5) is 18.2. The van der Waals surface area contributed by atoms with Crippen LogP contribution in [0.25, 0.3) is 0 Å². The molecule has 1 amide bonds. The molecule has 0 radical (unpaired) electrons. The lowest BCUT2D eigenvalue weighted by Crippen LogP contribution is -2.40. The van der Waals surface area contributed by atoms with Crippen molar-refractivity contribution in [2.24, 2.45) is 4.99 Å². The second kappa shape index (κ2) is 11.7. The third-order valence-electron chi connectivity index (χ3n) is 6.45. The van der Waals surface area contributed by atoms with Crippen molar-refractivity contribution in [1.29, 1.82) is 0 Å². The standard InChI is InChI=1S/C27H32ClNO3S/c1-2-33-25-13-3-20(4-14-25)19-26(30)29-23-9-11-24(12-10-23)32-27(15-17-31-18-16-27)21-5-7-22(28)8-6-21/h3-8,13-14,24H,2,9-12,15-19H2,1H3. The number of nitrogens with zero attached hydrogens (tertiary/aromatic N) is 1. The van der Waals surface area contributed by atoms with Crippen LogP contribution in [-0.2, 0) is 26.3 Å². The molecule has 0 unspecified atom stereocenters. The van der Waals surface area contributed by atoms with E-state index in [1.807, 2.05) is 24.3 Å². The smallest absolute Gasteiger partial charge is 0.250 e. The summed E-state index contributed by atoms with van der Waals surface area (Å²) in [5.74, 6) is 0.993. The molecule has 176 valence electrons. The second-order valence-electron chi connectivity index (χ2n) is 8.76. The summed E-state index contributed by atoms with van der Waals surface area (Å²) in [5.41, 5.74) is 2.88. The Hall–Kier alpha value is -1.66. The van der Waals surface area contributed by atoms with Gasteiger partial charge in [0.1, 0.15) is 0 Å². The third kappa shape index (κ3) is 6.69. The molecule has 0 aromatic heterocycles. The number of benzene rings is 2. The fourth-order valence-corrected chi connectivity index (χ4v) is 5.45. The van der Waals surface area contributed by atoms with Crippen molar-refractivity contribution >= 4 is 35.0 Å². The number of aliphatic imine (C=N–C) groups is 1. The van der Waals surface area contributed by atoms with Crippen molar-refractivity contribution in [1.82, 2.24) is 0 Å². The van der Waals surface area contributed by atoms with Gasteiger partial charge in [0.2, 0.25) is 5.91 Å². The highest BCUT2D eigenvalue weighted by molar-refractivity contribution is 7.99. The van der Waals surface area contributed by atoms with Crippen molar-refractivity contribution in [3.8, 4) is 0 Å². The highest BCUT2D eigenvalue weighted by atomic mass is 35.5. The van der Waals surface area contributed by atoms with Gasteiger partial charge in [-0.15, -0.1) is 11.8 Å². The zero-order chi connectivity index (χ0) is 23.1. The number of ether oxygens (including phenoxy) is 2. The van der Waals surface area contributed by atoms with E-state index >= 15 is 0 Å². The van der Waals surface area contributed by atoms with Gasteiger partial charge in [-0.1, -0.05) is 42.8 Å². The molecular formula is C27H32ClNO3S. The Balaban J connectivity index is 1.33. The summed E-state index contributed by atoms with van der Waals surface area (Å²) in [7, 11) is 0. The number of amides is 1. The molecule has 0 bridgehead atoms. The van der Waals surface area contributed by atoms with Crippen LogP contribution in [0.2, 0.25) is 5.02 Å². The van der Waals surface area contributed by atoms with Crippen molar-refractivity contribution < 1.29 is 14.3 Å². The van der Waals surface area contributed by atoms with E-state index in [2.05, 4.69) is 36.2 Å². The van der Waals surface area contributed by atoms with E-state index in [0.717, 1.165) is 60.6 Å². The molecule has 1 saturated carbocycles. The SMILES string of the molecule is CCSc1ccc(CC(=O)N=C2CCC(OC3(c4ccc(Cl)cc4)CCOCC3)CC2)cc1. The van der Waals surface area contributed by atoms with Gasteiger partial charge in [-0.2, -0.15) is 0 Å². The molecule has 2 aliphatic rings. The maximum absolute atomic E-state index is 12.5. The lowest BCUT2D eigenvalue weighted by Gasteiger charge is -2.41. The largest absolute Gasteiger partial charge is 0.381 e. The van der Waals surface area contributed by atoms with Crippen LogP contribution in [0.1, 0.15) is 56.6 Å². The summed E-state index contributed by atoms with van der Waals surface area (Å²) < 4.78 is 12.4. The van der Waals surface area contributed by atoms with E-state index in [4.69, 9.17) is 21.1 Å². The van der Waals surface area contributed by atoms with Crippen molar-refractivity contribution in [3.05, 3.63) is 64.7 Å². The summed E-state index contributed by atoms with van der Waals surface area (Å²) in [6.45, 7) is 3.54. The number of hydrogen-bond acceptors (Lipinski definition) is 4. The van der Waals surface area contributed by atoms with Crippen LogP contribution < -0.4 is 0 Å². The van der Waals surface area contributed by atoms with E-state index in [-0.39, 0.29) is 17.6 Å². The van der Waals surface area contributed by atoms with Crippen molar-refractivity contribution in [3.63, 3.8) is 0 Å². The summed E-state index contributed by atoms with van der Waals surface area (Å²) in [6, 6.07) is 16.3. The first-order valence-electron chi connectivity index (χ1n) is 11.9. The van der Waals surface area contributed by atoms with Crippen molar-refractivity contribution in [2.45, 2.75) is 68.5 Å². The Kier molecular flexibility index (Phi) is 8.64. The summed E-state index contributed by atoms with van der Waals surface area (Å²) in [5, 5.41) is 0.736. The second-order valence-corrected chi connectivity index (χ2v) is 10.5. The number of thioether (sulfide) groups is 1. The van der Waals surface area contributed by atoms with Crippen LogP contribution in [0.3, 0.4) is 0 Å². The number of carbonyl (C=O) groups excluding carboxylic acids is 1. The van der Waals surface area contributed by atoms with Gasteiger partial charge in [-0.25, -0.2) is 4.99 Å². The van der Waals surface area contributed by atoms with Gasteiger partial charge in [0, 0.05) is 41.7 Å². The molecule has 1 aliphatic carbocycles. The van der Waals surface area contributed by atoms with E-state index in [0.29, 0.717) is 19.6 Å². The van der Waals surface area contributed by atoms with Crippen molar-refractivity contribution in [2.75, 3.05) is 19.0 Å². The topological polar surface area (TPSA) is 47.9 Å². The van der Waals surface area contributed by atoms with Crippen LogP contribution in [0.15, 0.2) is 58.4 Å². The number of halogens is 1. The molecule has 0 spiro atoms. The zero-order valence-electron chi connectivity index (χ0n) is 19.2. The number of carbonyl (C=O) groups is 1. The molecular weight excluding hydrogens is 454 g/mol. The predicted molar refractivity (Wildman–Crippen MR) is 136 cm³/mol. The van der Waals surface area contributed by atoms with Gasteiger partial charge in [-0.3, -0.25) is 4.79 Å². The van der Waals surface area contributed by atoms with E-state index in [1.54, 1.807) is 11.8 Å². The Bertz CT molecular complexity index is 942. The van der Waals surface area contributed by atoms with Crippen LogP contribution in [0.5, 0.6) is 0 Å². The monoisotopic (exact) mass is 485 g/mol. The molecule has 1 saturated heterocycles. The molecule has 2 fully saturated rings. The maximum atomic E-state index is 12.5. The molecule has 4 rings (SSSR count). The summed E-state index contributed by atoms with van der Waals surface area (Å²) in [6.07, 6.45) is 5.64. The Morgan fingerprint density at radius 2 is 1.76 bits per heavy atom. The Labute approximate surface area is 206 Å². The lowest BCUT2D eigenvalue weighted by atomic mass is 9.85. The molecule has 6 heteroatoms. The normalized spacial score (nSPS) is 20.4. The van der Waals surface area contributed by atoms with E-state index in [1.165, 1.54) is 10.5 Å². The van der Waals surface area contributed by atoms with Crippen LogP contribution in [0.4, 0.5) is 0 Å². The molecule has 1 aliphatic heterocycles. The van der Waals surface area contributed by atoms with Gasteiger partial charge in [0.05, 0.1) is 18.1 Å². The first kappa shape index (κ1) is 24.5. The van der Waals surface area contributed by atoms with Crippen LogP contribution >= 0.6 is 23.4 Å². The first-order valence-corrected chi connectivity index (χ1v) is 13.3.